The zero-order valence-corrected chi connectivity index (χ0v) is 17.6. The summed E-state index contributed by atoms with van der Waals surface area (Å²) in [5.41, 5.74) is 1.46. The van der Waals surface area contributed by atoms with Gasteiger partial charge in [-0.25, -0.2) is 13.8 Å². The summed E-state index contributed by atoms with van der Waals surface area (Å²) < 4.78 is 28.6. The number of H-pyrrole nitrogens is 1. The number of nitrogens with zero attached hydrogens (tertiary/aromatic N) is 3. The van der Waals surface area contributed by atoms with E-state index in [1.54, 1.807) is 11.1 Å². The first-order valence-corrected chi connectivity index (χ1v) is 10.5. The predicted molar refractivity (Wildman–Crippen MR) is 113 cm³/mol. The molecule has 9 heteroatoms. The first-order valence-electron chi connectivity index (χ1n) is 10.1. The average Bonchev–Trinajstić information content (AvgIpc) is 3.31. The number of quaternary nitrogens is 1. The number of hydrogen-bond acceptors (Lipinski definition) is 3. The number of alkyl halides is 1. The predicted octanol–water partition coefficient (Wildman–Crippen LogP) is 2.97. The van der Waals surface area contributed by atoms with Crippen LogP contribution in [0.1, 0.15) is 28.9 Å². The number of nitrogens with two attached hydrogens (primary N) is 1. The Hall–Kier alpha value is -2.84. The quantitative estimate of drug-likeness (QED) is 0.611. The Morgan fingerprint density at radius 2 is 2.03 bits per heavy atom. The maximum absolute atomic E-state index is 15.3. The molecule has 3 aromatic rings. The van der Waals surface area contributed by atoms with Gasteiger partial charge < -0.3 is 10.2 Å². The molecule has 0 bridgehead atoms. The van der Waals surface area contributed by atoms with Crippen molar-refractivity contribution in [1.82, 2.24) is 20.1 Å². The molecule has 1 aliphatic rings. The van der Waals surface area contributed by atoms with Gasteiger partial charge in [0.25, 0.3) is 5.91 Å². The summed E-state index contributed by atoms with van der Waals surface area (Å²) in [6.45, 7) is 1.48. The van der Waals surface area contributed by atoms with Crippen molar-refractivity contribution >= 4 is 17.5 Å². The third kappa shape index (κ3) is 5.08. The van der Waals surface area contributed by atoms with E-state index in [-0.39, 0.29) is 23.8 Å². The van der Waals surface area contributed by atoms with Gasteiger partial charge in [0.05, 0.1) is 22.1 Å². The Labute approximate surface area is 183 Å². The second-order valence-electron chi connectivity index (χ2n) is 7.75. The monoisotopic (exact) mass is 446 g/mol. The smallest absolute Gasteiger partial charge is 0.253 e. The third-order valence-electron chi connectivity index (χ3n) is 5.56. The summed E-state index contributed by atoms with van der Waals surface area (Å²) in [4.78, 5) is 18.8. The van der Waals surface area contributed by atoms with Crippen LogP contribution in [0.25, 0.3) is 11.4 Å². The zero-order valence-electron chi connectivity index (χ0n) is 16.8. The van der Waals surface area contributed by atoms with Gasteiger partial charge in [-0.2, -0.15) is 5.10 Å². The van der Waals surface area contributed by atoms with E-state index >= 15 is 4.39 Å². The van der Waals surface area contributed by atoms with E-state index < -0.39 is 11.5 Å². The van der Waals surface area contributed by atoms with Gasteiger partial charge in [-0.05, 0) is 36.4 Å². The molecule has 4 rings (SSSR count). The van der Waals surface area contributed by atoms with Crippen molar-refractivity contribution in [3.05, 3.63) is 70.8 Å². The summed E-state index contributed by atoms with van der Waals surface area (Å²) in [6, 6.07) is 11.5. The number of nitrogens with one attached hydrogen (secondary N) is 1. The number of rotatable bonds is 6. The van der Waals surface area contributed by atoms with Gasteiger partial charge in [0.2, 0.25) is 0 Å². The number of piperidine rings is 1. The van der Waals surface area contributed by atoms with Crippen molar-refractivity contribution in [1.29, 1.82) is 0 Å². The zero-order chi connectivity index (χ0) is 21.8. The van der Waals surface area contributed by atoms with Crippen LogP contribution in [0, 0.1) is 5.82 Å². The minimum absolute atomic E-state index is 0.0949. The SMILES string of the molecule is O=C(c1ccc(F)c(Cl)c1)N1CCC(F)(C[NH2+]Cc2cccc(-c3ccn[nH]3)n2)CC1. The van der Waals surface area contributed by atoms with Gasteiger partial charge in [0.15, 0.2) is 5.67 Å². The second kappa shape index (κ2) is 9.11. The highest BCUT2D eigenvalue weighted by atomic mass is 35.5. The fraction of sp³-hybridized carbons (Fsp3) is 0.318. The number of amides is 1. The minimum Gasteiger partial charge on any atom is -0.339 e. The number of hydrogen-bond donors (Lipinski definition) is 2. The number of aromatic nitrogens is 3. The molecule has 1 saturated heterocycles. The number of halogens is 3. The van der Waals surface area contributed by atoms with Gasteiger partial charge in [0, 0.05) is 37.7 Å². The Morgan fingerprint density at radius 1 is 1.23 bits per heavy atom. The Kier molecular flexibility index (Phi) is 6.29. The van der Waals surface area contributed by atoms with Crippen LogP contribution in [0.3, 0.4) is 0 Å². The van der Waals surface area contributed by atoms with E-state index in [4.69, 9.17) is 11.6 Å². The van der Waals surface area contributed by atoms with Crippen molar-refractivity contribution in [2.45, 2.75) is 25.1 Å². The van der Waals surface area contributed by atoms with E-state index in [0.717, 1.165) is 17.1 Å². The number of aromatic amines is 1. The molecule has 1 aliphatic heterocycles. The second-order valence-corrected chi connectivity index (χ2v) is 8.16. The normalized spacial score (nSPS) is 15.8. The van der Waals surface area contributed by atoms with Crippen LogP contribution in [-0.2, 0) is 6.54 Å². The van der Waals surface area contributed by atoms with E-state index in [9.17, 15) is 9.18 Å². The average molecular weight is 447 g/mol. The summed E-state index contributed by atoms with van der Waals surface area (Å²) in [6.07, 6.45) is 2.18. The largest absolute Gasteiger partial charge is 0.339 e. The fourth-order valence-corrected chi connectivity index (χ4v) is 3.93. The molecule has 1 fully saturated rings. The summed E-state index contributed by atoms with van der Waals surface area (Å²) in [5.74, 6) is -0.826. The molecule has 0 saturated carbocycles. The van der Waals surface area contributed by atoms with Gasteiger partial charge in [0.1, 0.15) is 18.9 Å². The molecule has 2 aromatic heterocycles. The van der Waals surface area contributed by atoms with Gasteiger partial charge in [-0.3, -0.25) is 9.89 Å². The molecule has 1 aromatic carbocycles. The van der Waals surface area contributed by atoms with E-state index in [2.05, 4.69) is 15.2 Å². The van der Waals surface area contributed by atoms with Crippen LogP contribution in [0.4, 0.5) is 8.78 Å². The van der Waals surface area contributed by atoms with E-state index in [0.29, 0.717) is 31.7 Å². The molecule has 0 unspecified atom stereocenters. The molecule has 0 atom stereocenters. The molecule has 0 aliphatic carbocycles. The van der Waals surface area contributed by atoms with Crippen molar-refractivity contribution < 1.29 is 18.9 Å². The van der Waals surface area contributed by atoms with Gasteiger partial charge in [-0.1, -0.05) is 17.7 Å². The lowest BCUT2D eigenvalue weighted by atomic mass is 9.92. The molecule has 1 amide bonds. The maximum Gasteiger partial charge on any atom is 0.253 e. The minimum atomic E-state index is -1.35. The van der Waals surface area contributed by atoms with Gasteiger partial charge in [-0.15, -0.1) is 0 Å². The summed E-state index contributed by atoms with van der Waals surface area (Å²) >= 11 is 5.77. The molecule has 0 radical (unpaired) electrons. The van der Waals surface area contributed by atoms with Crippen molar-refractivity contribution in [2.24, 2.45) is 0 Å². The highest BCUT2D eigenvalue weighted by molar-refractivity contribution is 6.31. The lowest BCUT2D eigenvalue weighted by Gasteiger charge is -2.35. The van der Waals surface area contributed by atoms with Crippen LogP contribution >= 0.6 is 11.6 Å². The number of carbonyl (C=O) groups excluding carboxylic acids is 1. The van der Waals surface area contributed by atoms with Crippen molar-refractivity contribution in [3.63, 3.8) is 0 Å². The molecular formula is C22H23ClF2N5O+. The Bertz CT molecular complexity index is 1050. The Balaban J connectivity index is 1.28. The molecule has 3 N–H and O–H groups in total. The highest BCUT2D eigenvalue weighted by Crippen LogP contribution is 2.26. The molecule has 3 heterocycles. The highest BCUT2D eigenvalue weighted by Gasteiger charge is 2.37. The van der Waals surface area contributed by atoms with Crippen molar-refractivity contribution in [3.8, 4) is 11.4 Å². The van der Waals surface area contributed by atoms with Gasteiger partial charge >= 0.3 is 0 Å². The lowest BCUT2D eigenvalue weighted by Crippen LogP contribution is -2.86. The Morgan fingerprint density at radius 3 is 2.74 bits per heavy atom. The number of benzene rings is 1. The topological polar surface area (TPSA) is 78.5 Å². The van der Waals surface area contributed by atoms with Crippen molar-refractivity contribution in [2.75, 3.05) is 19.6 Å². The molecule has 162 valence electrons. The van der Waals surface area contributed by atoms with Crippen LogP contribution in [0.15, 0.2) is 48.7 Å². The molecule has 31 heavy (non-hydrogen) atoms. The summed E-state index contributed by atoms with van der Waals surface area (Å²) in [7, 11) is 0. The van der Waals surface area contributed by atoms with Crippen LogP contribution in [-0.4, -0.2) is 51.3 Å². The lowest BCUT2D eigenvalue weighted by molar-refractivity contribution is -0.681. The van der Waals surface area contributed by atoms with E-state index in [1.165, 1.54) is 18.2 Å². The van der Waals surface area contributed by atoms with E-state index in [1.807, 2.05) is 29.6 Å². The number of carbonyl (C=O) groups is 1. The standard InChI is InChI=1S/C22H22ClF2N5O/c23-17-12-15(4-5-18(17)24)21(31)30-10-7-22(25,8-11-30)14-26-13-16-2-1-3-19(28-16)20-6-9-27-29-20/h1-6,9,12,26H,7-8,10-11,13-14H2,(H,27,29)/p+1. The number of likely N-dealkylation sites (tertiary alicyclic amines) is 1. The fourth-order valence-electron chi connectivity index (χ4n) is 3.75. The third-order valence-corrected chi connectivity index (χ3v) is 5.85. The summed E-state index contributed by atoms with van der Waals surface area (Å²) in [5, 5.41) is 8.64. The van der Waals surface area contributed by atoms with Crippen LogP contribution < -0.4 is 5.32 Å². The molecule has 0 spiro atoms. The van der Waals surface area contributed by atoms with Crippen LogP contribution in [0.5, 0.6) is 0 Å². The maximum atomic E-state index is 15.3. The molecule has 6 nitrogen and oxygen atoms in total. The first-order chi connectivity index (χ1) is 14.9. The van der Waals surface area contributed by atoms with Crippen LogP contribution in [0.2, 0.25) is 5.02 Å². The number of pyridine rings is 1. The molecular weight excluding hydrogens is 424 g/mol. The first kappa shape index (κ1) is 21.4.